The van der Waals surface area contributed by atoms with Gasteiger partial charge >= 0.3 is 0 Å². The quantitative estimate of drug-likeness (QED) is 0.572. The summed E-state index contributed by atoms with van der Waals surface area (Å²) in [4.78, 5) is 18.3. The molecular weight excluding hydrogens is 483 g/mol. The molecule has 34 heavy (non-hydrogen) atoms. The maximum absolute atomic E-state index is 14.5. The highest BCUT2D eigenvalue weighted by Gasteiger charge is 2.59. The Morgan fingerprint density at radius 1 is 1.00 bits per heavy atom. The van der Waals surface area contributed by atoms with E-state index < -0.39 is 36.8 Å². The molecule has 9 nitrogen and oxygen atoms in total. The van der Waals surface area contributed by atoms with Crippen molar-refractivity contribution >= 4 is 37.0 Å². The number of carbonyl (C=O) groups excluding carboxylic acids is 1. The lowest BCUT2D eigenvalue weighted by atomic mass is 9.71. The van der Waals surface area contributed by atoms with Gasteiger partial charge < -0.3 is 20.4 Å². The van der Waals surface area contributed by atoms with Crippen LogP contribution >= 0.6 is 0 Å². The van der Waals surface area contributed by atoms with Crippen LogP contribution in [0.3, 0.4) is 0 Å². The number of likely N-dealkylation sites (tertiary alicyclic amines) is 1. The van der Waals surface area contributed by atoms with E-state index in [0.717, 1.165) is 11.4 Å². The summed E-state index contributed by atoms with van der Waals surface area (Å²) in [6.45, 7) is 6.76. The van der Waals surface area contributed by atoms with Gasteiger partial charge in [-0.1, -0.05) is 13.8 Å². The van der Waals surface area contributed by atoms with Crippen molar-refractivity contribution in [3.63, 3.8) is 0 Å². The number of anilines is 2. The highest BCUT2D eigenvalue weighted by atomic mass is 32.2. The average Bonchev–Trinajstić information content (AvgIpc) is 3.17. The molecule has 1 unspecified atom stereocenters. The van der Waals surface area contributed by atoms with Gasteiger partial charge in [0.05, 0.1) is 17.3 Å². The summed E-state index contributed by atoms with van der Waals surface area (Å²) in [6.07, 6.45) is 0. The summed E-state index contributed by atoms with van der Waals surface area (Å²) in [5.74, 6) is -1.22. The Kier molecular flexibility index (Phi) is 6.39. The van der Waals surface area contributed by atoms with Gasteiger partial charge in [0.2, 0.25) is 0 Å². The Bertz CT molecular complexity index is 1130. The van der Waals surface area contributed by atoms with Crippen LogP contribution in [0.25, 0.3) is 0 Å². The first-order chi connectivity index (χ1) is 15.8. The fourth-order valence-corrected chi connectivity index (χ4v) is 7.60. The number of alkyl halides is 1. The molecule has 190 valence electrons. The first kappa shape index (κ1) is 25.2. The van der Waals surface area contributed by atoms with Gasteiger partial charge in [0.25, 0.3) is 11.4 Å². The van der Waals surface area contributed by atoms with Crippen molar-refractivity contribution in [3.05, 3.63) is 24.3 Å². The van der Waals surface area contributed by atoms with Crippen LogP contribution in [0.15, 0.2) is 24.3 Å². The zero-order valence-corrected chi connectivity index (χ0v) is 21.2. The lowest BCUT2D eigenvalue weighted by Crippen LogP contribution is -2.43. The van der Waals surface area contributed by atoms with Crippen LogP contribution in [0.2, 0.25) is 0 Å². The number of nitrogens with zero attached hydrogens (tertiary/aromatic N) is 3. The van der Waals surface area contributed by atoms with Crippen LogP contribution < -0.4 is 15.5 Å². The Labute approximate surface area is 200 Å². The van der Waals surface area contributed by atoms with Crippen LogP contribution in [0.5, 0.6) is 0 Å². The third-order valence-corrected chi connectivity index (χ3v) is 11.0. The lowest BCUT2D eigenvalue weighted by molar-refractivity contribution is -0.133. The van der Waals surface area contributed by atoms with Crippen LogP contribution in [0, 0.1) is 10.8 Å². The molecule has 0 aromatic heterocycles. The van der Waals surface area contributed by atoms with Crippen LogP contribution in [-0.4, -0.2) is 96.2 Å². The molecule has 3 fully saturated rings. The largest absolute Gasteiger partial charge is 0.370 e. The van der Waals surface area contributed by atoms with E-state index in [1.165, 1.54) is 4.90 Å². The second-order valence-electron chi connectivity index (χ2n) is 10.3. The number of hydrogen-bond acceptors (Lipinski definition) is 8. The Balaban J connectivity index is 1.43. The Morgan fingerprint density at radius 2 is 1.47 bits per heavy atom. The van der Waals surface area contributed by atoms with Gasteiger partial charge in [-0.25, -0.2) is 21.2 Å². The SMILES string of the molecule is C[C@@]12CN(C(=O)C(F)S(=O)(=O)CCN)C[C@]1(C)CN(c1ccc(N3CCS(=O)(=O)CC3)cc1)C2. The molecule has 4 rings (SSSR count). The summed E-state index contributed by atoms with van der Waals surface area (Å²) in [6, 6.07) is 8.04. The fraction of sp³-hybridized carbons (Fsp3) is 0.682. The van der Waals surface area contributed by atoms with E-state index >= 15 is 0 Å². The number of carbonyl (C=O) groups is 1. The standard InChI is InChI=1S/C22H33FN4O5S2/c1-21-13-26(18-5-3-17(4-6-18)25-8-11-33(29,30)12-9-25)14-22(21,2)16-27(15-21)20(28)19(23)34(31,32)10-7-24/h3-6,19H,7-16,24H2,1-2H3/t19?,21-,22+. The van der Waals surface area contributed by atoms with Crippen molar-refractivity contribution in [2.24, 2.45) is 16.6 Å². The Morgan fingerprint density at radius 3 is 1.94 bits per heavy atom. The first-order valence-electron chi connectivity index (χ1n) is 11.4. The van der Waals surface area contributed by atoms with E-state index in [0.29, 0.717) is 26.2 Å². The van der Waals surface area contributed by atoms with Crippen molar-refractivity contribution in [2.45, 2.75) is 19.4 Å². The van der Waals surface area contributed by atoms with Gasteiger partial charge in [-0.2, -0.15) is 0 Å². The number of hydrogen-bond donors (Lipinski definition) is 1. The zero-order valence-electron chi connectivity index (χ0n) is 19.6. The van der Waals surface area contributed by atoms with Crippen LogP contribution in [-0.2, 0) is 24.5 Å². The molecule has 2 N–H and O–H groups in total. The van der Waals surface area contributed by atoms with Crippen LogP contribution in [0.1, 0.15) is 13.8 Å². The summed E-state index contributed by atoms with van der Waals surface area (Å²) in [5, 5.41) is 0. The molecule has 3 atom stereocenters. The molecule has 3 aliphatic rings. The van der Waals surface area contributed by atoms with Gasteiger partial charge in [-0.3, -0.25) is 4.79 Å². The minimum atomic E-state index is -4.21. The first-order valence-corrected chi connectivity index (χ1v) is 15.0. The Hall–Kier alpha value is -1.92. The predicted molar refractivity (Wildman–Crippen MR) is 130 cm³/mol. The number of benzene rings is 1. The van der Waals surface area contributed by atoms with E-state index in [4.69, 9.17) is 5.73 Å². The van der Waals surface area contributed by atoms with Crippen LogP contribution in [0.4, 0.5) is 15.8 Å². The van der Waals surface area contributed by atoms with Gasteiger partial charge in [-0.05, 0) is 24.3 Å². The van der Waals surface area contributed by atoms with Gasteiger partial charge in [0, 0.05) is 68.0 Å². The second-order valence-corrected chi connectivity index (χ2v) is 14.8. The smallest absolute Gasteiger partial charge is 0.278 e. The number of sulfone groups is 2. The number of fused-ring (bicyclic) bond motifs is 1. The number of nitrogens with two attached hydrogens (primary N) is 1. The monoisotopic (exact) mass is 516 g/mol. The molecule has 0 saturated carbocycles. The highest BCUT2D eigenvalue weighted by Crippen LogP contribution is 2.52. The summed E-state index contributed by atoms with van der Waals surface area (Å²) in [7, 11) is -7.15. The second kappa shape index (κ2) is 8.63. The molecule has 1 aromatic carbocycles. The van der Waals surface area contributed by atoms with E-state index in [1.807, 2.05) is 24.3 Å². The van der Waals surface area contributed by atoms with E-state index in [2.05, 4.69) is 23.6 Å². The molecule has 12 heteroatoms. The molecule has 0 aliphatic carbocycles. The third-order valence-electron chi connectivity index (χ3n) is 7.76. The van der Waals surface area contributed by atoms with Gasteiger partial charge in [0.1, 0.15) is 0 Å². The zero-order chi connectivity index (χ0) is 24.9. The fourth-order valence-electron chi connectivity index (χ4n) is 5.41. The molecule has 1 amide bonds. The van der Waals surface area contributed by atoms with Gasteiger partial charge in [0.15, 0.2) is 19.7 Å². The molecule has 3 heterocycles. The number of rotatable bonds is 6. The average molecular weight is 517 g/mol. The number of halogens is 1. The highest BCUT2D eigenvalue weighted by molar-refractivity contribution is 7.92. The van der Waals surface area contributed by atoms with E-state index in [9.17, 15) is 26.0 Å². The van der Waals surface area contributed by atoms with Gasteiger partial charge in [-0.15, -0.1) is 0 Å². The molecule has 0 radical (unpaired) electrons. The molecular formula is C22H33FN4O5S2. The molecule has 3 aliphatic heterocycles. The van der Waals surface area contributed by atoms with E-state index in [1.54, 1.807) is 0 Å². The third kappa shape index (κ3) is 4.51. The topological polar surface area (TPSA) is 121 Å². The molecule has 0 bridgehead atoms. The maximum atomic E-state index is 14.5. The minimum Gasteiger partial charge on any atom is -0.370 e. The molecule has 0 spiro atoms. The van der Waals surface area contributed by atoms with Crippen molar-refractivity contribution in [1.82, 2.24) is 4.90 Å². The van der Waals surface area contributed by atoms with Crippen molar-refractivity contribution in [1.29, 1.82) is 0 Å². The van der Waals surface area contributed by atoms with Crippen molar-refractivity contribution in [3.8, 4) is 0 Å². The predicted octanol–water partition coefficient (Wildman–Crippen LogP) is 0.265. The lowest BCUT2D eigenvalue weighted by Gasteiger charge is -2.30. The normalized spacial score (nSPS) is 29.8. The van der Waals surface area contributed by atoms with Crippen molar-refractivity contribution < 1.29 is 26.0 Å². The molecule has 3 saturated heterocycles. The van der Waals surface area contributed by atoms with E-state index in [-0.39, 0.29) is 42.0 Å². The maximum Gasteiger partial charge on any atom is 0.278 e. The number of amides is 1. The minimum absolute atomic E-state index is 0.167. The summed E-state index contributed by atoms with van der Waals surface area (Å²) in [5.41, 5.74) is 4.05. The molecule has 1 aromatic rings. The van der Waals surface area contributed by atoms with Crippen molar-refractivity contribution in [2.75, 3.05) is 72.9 Å². The summed E-state index contributed by atoms with van der Waals surface area (Å²) >= 11 is 0. The summed E-state index contributed by atoms with van der Waals surface area (Å²) < 4.78 is 61.9.